The predicted octanol–water partition coefficient (Wildman–Crippen LogP) is 3.45. The van der Waals surface area contributed by atoms with Crippen LogP contribution in [0.1, 0.15) is 31.3 Å². The van der Waals surface area contributed by atoms with E-state index in [1.165, 1.54) is 15.9 Å². The van der Waals surface area contributed by atoms with Gasteiger partial charge in [0.2, 0.25) is 4.96 Å². The standard InChI is InChI=1S/C20H19N3O3S/c1-3-4-11-25-15-9-6-14(7-10-15)18-21-20-23(22-18)19(24)17(27-20)12-16-8-5-13(2)26-16/h5-10,12H,3-4,11H2,1-2H3. The first kappa shape index (κ1) is 17.5. The number of fused-ring (bicyclic) bond motifs is 1. The van der Waals surface area contributed by atoms with E-state index in [1.807, 2.05) is 43.3 Å². The summed E-state index contributed by atoms with van der Waals surface area (Å²) in [4.78, 5) is 17.6. The molecule has 0 aliphatic heterocycles. The molecule has 0 saturated carbocycles. The van der Waals surface area contributed by atoms with E-state index in [-0.39, 0.29) is 5.56 Å². The zero-order valence-corrected chi connectivity index (χ0v) is 16.0. The lowest BCUT2D eigenvalue weighted by atomic mass is 10.2. The lowest BCUT2D eigenvalue weighted by Crippen LogP contribution is -2.23. The van der Waals surface area contributed by atoms with E-state index in [2.05, 4.69) is 17.0 Å². The van der Waals surface area contributed by atoms with E-state index in [0.717, 1.165) is 29.9 Å². The largest absolute Gasteiger partial charge is 0.494 e. The maximum absolute atomic E-state index is 12.6. The molecule has 7 heteroatoms. The summed E-state index contributed by atoms with van der Waals surface area (Å²) >= 11 is 1.30. The summed E-state index contributed by atoms with van der Waals surface area (Å²) < 4.78 is 13.1. The first-order valence-corrected chi connectivity index (χ1v) is 9.66. The molecule has 0 N–H and O–H groups in total. The number of rotatable bonds is 6. The van der Waals surface area contributed by atoms with Crippen molar-refractivity contribution in [3.8, 4) is 17.1 Å². The molecule has 4 aromatic rings. The molecule has 0 amide bonds. The van der Waals surface area contributed by atoms with Crippen molar-refractivity contribution < 1.29 is 9.15 Å². The van der Waals surface area contributed by atoms with Gasteiger partial charge in [0, 0.05) is 11.6 Å². The minimum absolute atomic E-state index is 0.192. The third-order valence-electron chi connectivity index (χ3n) is 4.10. The quantitative estimate of drug-likeness (QED) is 0.479. The van der Waals surface area contributed by atoms with Crippen LogP contribution in [-0.4, -0.2) is 21.2 Å². The Hall–Kier alpha value is -2.93. The lowest BCUT2D eigenvalue weighted by molar-refractivity contribution is 0.309. The van der Waals surface area contributed by atoms with Crippen LogP contribution in [0.25, 0.3) is 22.4 Å². The van der Waals surface area contributed by atoms with Gasteiger partial charge in [-0.05, 0) is 49.7 Å². The van der Waals surface area contributed by atoms with Crippen molar-refractivity contribution in [2.24, 2.45) is 0 Å². The van der Waals surface area contributed by atoms with E-state index in [1.54, 1.807) is 6.08 Å². The van der Waals surface area contributed by atoms with Crippen LogP contribution in [0.3, 0.4) is 0 Å². The molecule has 27 heavy (non-hydrogen) atoms. The highest BCUT2D eigenvalue weighted by Crippen LogP contribution is 2.20. The molecule has 3 aromatic heterocycles. The zero-order valence-electron chi connectivity index (χ0n) is 15.1. The maximum atomic E-state index is 12.6. The van der Waals surface area contributed by atoms with Crippen molar-refractivity contribution in [3.05, 3.63) is 62.8 Å². The molecule has 0 atom stereocenters. The number of hydrogen-bond acceptors (Lipinski definition) is 6. The molecule has 0 bridgehead atoms. The molecule has 4 rings (SSSR count). The Balaban J connectivity index is 1.61. The first-order valence-electron chi connectivity index (χ1n) is 8.85. The molecule has 6 nitrogen and oxygen atoms in total. The molecule has 3 heterocycles. The van der Waals surface area contributed by atoms with Crippen LogP contribution in [0.4, 0.5) is 0 Å². The Morgan fingerprint density at radius 3 is 2.70 bits per heavy atom. The molecule has 0 saturated heterocycles. The van der Waals surface area contributed by atoms with Crippen LogP contribution in [0.2, 0.25) is 0 Å². The molecular weight excluding hydrogens is 362 g/mol. The molecule has 1 aromatic carbocycles. The summed E-state index contributed by atoms with van der Waals surface area (Å²) in [6.45, 7) is 4.71. The Morgan fingerprint density at radius 1 is 1.22 bits per heavy atom. The Morgan fingerprint density at radius 2 is 2.04 bits per heavy atom. The van der Waals surface area contributed by atoms with Crippen molar-refractivity contribution >= 4 is 22.4 Å². The van der Waals surface area contributed by atoms with Gasteiger partial charge < -0.3 is 9.15 Å². The van der Waals surface area contributed by atoms with Crippen LogP contribution in [0.15, 0.2) is 45.6 Å². The number of furan rings is 1. The Bertz CT molecular complexity index is 1170. The molecule has 0 aliphatic carbocycles. The molecule has 0 unspecified atom stereocenters. The fourth-order valence-corrected chi connectivity index (χ4v) is 3.54. The fourth-order valence-electron chi connectivity index (χ4n) is 2.65. The third-order valence-corrected chi connectivity index (χ3v) is 5.05. The van der Waals surface area contributed by atoms with Gasteiger partial charge in [0.05, 0.1) is 6.61 Å². The van der Waals surface area contributed by atoms with Gasteiger partial charge in [-0.15, -0.1) is 5.10 Å². The summed E-state index contributed by atoms with van der Waals surface area (Å²) in [6, 6.07) is 11.3. The van der Waals surface area contributed by atoms with Crippen molar-refractivity contribution in [2.45, 2.75) is 26.7 Å². The number of nitrogens with zero attached hydrogens (tertiary/aromatic N) is 3. The van der Waals surface area contributed by atoms with Crippen LogP contribution >= 0.6 is 11.3 Å². The first-order chi connectivity index (χ1) is 13.1. The fraction of sp³-hybridized carbons (Fsp3) is 0.250. The molecular formula is C20H19N3O3S. The SMILES string of the molecule is CCCCOc1ccc(-c2nc3sc(=Cc4ccc(C)o4)c(=O)n3n2)cc1. The molecule has 0 aliphatic rings. The smallest absolute Gasteiger partial charge is 0.291 e. The predicted molar refractivity (Wildman–Crippen MR) is 105 cm³/mol. The zero-order chi connectivity index (χ0) is 18.8. The van der Waals surface area contributed by atoms with Crippen molar-refractivity contribution in [1.82, 2.24) is 14.6 Å². The summed E-state index contributed by atoms with van der Waals surface area (Å²) in [5.74, 6) is 2.80. The molecule has 0 fully saturated rings. The van der Waals surface area contributed by atoms with Gasteiger partial charge in [-0.3, -0.25) is 4.79 Å². The summed E-state index contributed by atoms with van der Waals surface area (Å²) in [6.07, 6.45) is 3.85. The summed E-state index contributed by atoms with van der Waals surface area (Å²) in [7, 11) is 0. The van der Waals surface area contributed by atoms with E-state index in [4.69, 9.17) is 9.15 Å². The monoisotopic (exact) mass is 381 g/mol. The van der Waals surface area contributed by atoms with Crippen molar-refractivity contribution in [1.29, 1.82) is 0 Å². The number of hydrogen-bond donors (Lipinski definition) is 0. The van der Waals surface area contributed by atoms with Crippen LogP contribution in [0, 0.1) is 6.92 Å². The average molecular weight is 381 g/mol. The lowest BCUT2D eigenvalue weighted by Gasteiger charge is -2.05. The summed E-state index contributed by atoms with van der Waals surface area (Å²) in [5, 5.41) is 4.37. The van der Waals surface area contributed by atoms with Gasteiger partial charge in [0.1, 0.15) is 21.8 Å². The Kier molecular flexibility index (Phi) is 4.77. The van der Waals surface area contributed by atoms with E-state index < -0.39 is 0 Å². The number of aryl methyl sites for hydroxylation is 1. The van der Waals surface area contributed by atoms with Crippen molar-refractivity contribution in [2.75, 3.05) is 6.61 Å². The topological polar surface area (TPSA) is 69.6 Å². The second-order valence-corrected chi connectivity index (χ2v) is 7.23. The molecule has 0 radical (unpaired) electrons. The van der Waals surface area contributed by atoms with Crippen molar-refractivity contribution in [3.63, 3.8) is 0 Å². The van der Waals surface area contributed by atoms with Gasteiger partial charge in [0.25, 0.3) is 5.56 Å². The van der Waals surface area contributed by atoms with Gasteiger partial charge in [0.15, 0.2) is 5.82 Å². The second-order valence-electron chi connectivity index (χ2n) is 6.22. The molecule has 138 valence electrons. The number of thiazole rings is 1. The van der Waals surface area contributed by atoms with Gasteiger partial charge >= 0.3 is 0 Å². The van der Waals surface area contributed by atoms with E-state index in [9.17, 15) is 4.79 Å². The van der Waals surface area contributed by atoms with Gasteiger partial charge in [-0.25, -0.2) is 0 Å². The second kappa shape index (κ2) is 7.36. The number of ether oxygens (including phenoxy) is 1. The number of aromatic nitrogens is 3. The van der Waals surface area contributed by atoms with E-state index >= 15 is 0 Å². The van der Waals surface area contributed by atoms with Crippen LogP contribution in [0.5, 0.6) is 5.75 Å². The van der Waals surface area contributed by atoms with Gasteiger partial charge in [-0.2, -0.15) is 9.50 Å². The number of unbranched alkanes of at least 4 members (excludes halogenated alkanes) is 1. The minimum atomic E-state index is -0.192. The molecule has 0 spiro atoms. The van der Waals surface area contributed by atoms with Gasteiger partial charge in [-0.1, -0.05) is 24.7 Å². The highest BCUT2D eigenvalue weighted by Gasteiger charge is 2.12. The Labute approximate surface area is 159 Å². The highest BCUT2D eigenvalue weighted by molar-refractivity contribution is 7.15. The number of benzene rings is 1. The summed E-state index contributed by atoms with van der Waals surface area (Å²) in [5.41, 5.74) is 0.655. The normalized spacial score (nSPS) is 12.1. The van der Waals surface area contributed by atoms with E-state index in [0.29, 0.717) is 27.7 Å². The maximum Gasteiger partial charge on any atom is 0.291 e. The van der Waals surface area contributed by atoms with Crippen LogP contribution < -0.4 is 14.8 Å². The third kappa shape index (κ3) is 3.64. The highest BCUT2D eigenvalue weighted by atomic mass is 32.1. The minimum Gasteiger partial charge on any atom is -0.494 e. The average Bonchev–Trinajstić information content (AvgIpc) is 3.34. The van der Waals surface area contributed by atoms with Crippen LogP contribution in [-0.2, 0) is 0 Å².